The molecule has 1 aliphatic heterocycles. The molecule has 7 nitrogen and oxygen atoms in total. The standard InChI is InChI=1S/C13H20N4O3/c14-16-12-11(2-1-5-15-12)13(19)17-6-3-10(4-7-17)20-9-8-18/h1-2,5,10,18H,3-4,6-9,14H2,(H,15,16). The summed E-state index contributed by atoms with van der Waals surface area (Å²) in [6.45, 7) is 1.64. The van der Waals surface area contributed by atoms with Crippen LogP contribution in [-0.2, 0) is 4.74 Å². The minimum Gasteiger partial charge on any atom is -0.394 e. The van der Waals surface area contributed by atoms with E-state index in [1.54, 1.807) is 23.2 Å². The molecule has 2 heterocycles. The molecule has 1 aliphatic rings. The van der Waals surface area contributed by atoms with E-state index in [9.17, 15) is 4.79 Å². The first kappa shape index (κ1) is 14.7. The molecular weight excluding hydrogens is 260 g/mol. The fourth-order valence-corrected chi connectivity index (χ4v) is 2.31. The SMILES string of the molecule is NNc1ncccc1C(=O)N1CCC(OCCO)CC1. The number of carbonyl (C=O) groups excluding carboxylic acids is 1. The summed E-state index contributed by atoms with van der Waals surface area (Å²) in [5.74, 6) is 5.68. The van der Waals surface area contributed by atoms with Crippen molar-refractivity contribution in [3.8, 4) is 0 Å². The van der Waals surface area contributed by atoms with E-state index in [0.29, 0.717) is 31.1 Å². The highest BCUT2D eigenvalue weighted by molar-refractivity contribution is 5.98. The molecule has 4 N–H and O–H groups in total. The molecule has 110 valence electrons. The van der Waals surface area contributed by atoms with Crippen LogP contribution < -0.4 is 11.3 Å². The zero-order chi connectivity index (χ0) is 14.4. The maximum absolute atomic E-state index is 12.4. The molecule has 0 aromatic carbocycles. The number of aliphatic hydroxyl groups is 1. The third-order valence-corrected chi connectivity index (χ3v) is 3.35. The number of carbonyl (C=O) groups is 1. The third-order valence-electron chi connectivity index (χ3n) is 3.35. The molecule has 0 unspecified atom stereocenters. The molecule has 1 aromatic heterocycles. The van der Waals surface area contributed by atoms with Gasteiger partial charge in [-0.3, -0.25) is 4.79 Å². The number of nitrogens with one attached hydrogen (secondary N) is 1. The molecule has 2 rings (SSSR count). The molecule has 0 atom stereocenters. The molecule has 0 bridgehead atoms. The number of nitrogens with two attached hydrogens (primary N) is 1. The van der Waals surface area contributed by atoms with Gasteiger partial charge in [0.25, 0.3) is 5.91 Å². The lowest BCUT2D eigenvalue weighted by Crippen LogP contribution is -2.41. The Hall–Kier alpha value is -1.70. The maximum Gasteiger partial charge on any atom is 0.257 e. The van der Waals surface area contributed by atoms with Crippen molar-refractivity contribution in [3.05, 3.63) is 23.9 Å². The molecule has 1 saturated heterocycles. The van der Waals surface area contributed by atoms with E-state index in [1.165, 1.54) is 0 Å². The van der Waals surface area contributed by atoms with Gasteiger partial charge in [-0.15, -0.1) is 0 Å². The quantitative estimate of drug-likeness (QED) is 0.518. The second-order valence-electron chi connectivity index (χ2n) is 4.63. The van der Waals surface area contributed by atoms with Gasteiger partial charge in [-0.2, -0.15) is 0 Å². The van der Waals surface area contributed by atoms with E-state index >= 15 is 0 Å². The van der Waals surface area contributed by atoms with E-state index in [1.807, 2.05) is 0 Å². The number of hydrogen-bond acceptors (Lipinski definition) is 6. The summed E-state index contributed by atoms with van der Waals surface area (Å²) in [5.41, 5.74) is 2.92. The van der Waals surface area contributed by atoms with E-state index in [2.05, 4.69) is 10.4 Å². The lowest BCUT2D eigenvalue weighted by Gasteiger charge is -2.32. The van der Waals surface area contributed by atoms with Crippen LogP contribution in [0.5, 0.6) is 0 Å². The first-order valence-corrected chi connectivity index (χ1v) is 6.69. The lowest BCUT2D eigenvalue weighted by atomic mass is 10.1. The summed E-state index contributed by atoms with van der Waals surface area (Å²) in [4.78, 5) is 18.2. The van der Waals surface area contributed by atoms with Crippen LogP contribution in [0.15, 0.2) is 18.3 Å². The van der Waals surface area contributed by atoms with Crippen LogP contribution >= 0.6 is 0 Å². The zero-order valence-corrected chi connectivity index (χ0v) is 11.3. The molecule has 7 heteroatoms. The topological polar surface area (TPSA) is 101 Å². The van der Waals surface area contributed by atoms with Gasteiger partial charge in [0.05, 0.1) is 24.9 Å². The normalized spacial score (nSPS) is 16.2. The second-order valence-corrected chi connectivity index (χ2v) is 4.63. The first-order chi connectivity index (χ1) is 9.76. The van der Waals surface area contributed by atoms with E-state index < -0.39 is 0 Å². The number of aromatic nitrogens is 1. The third kappa shape index (κ3) is 3.44. The Bertz CT molecular complexity index is 447. The summed E-state index contributed by atoms with van der Waals surface area (Å²) in [6.07, 6.45) is 3.25. The average molecular weight is 280 g/mol. The molecule has 0 saturated carbocycles. The minimum atomic E-state index is -0.0772. The van der Waals surface area contributed by atoms with Crippen molar-refractivity contribution in [2.75, 3.05) is 31.7 Å². The van der Waals surface area contributed by atoms with Gasteiger partial charge in [0.1, 0.15) is 0 Å². The molecule has 0 radical (unpaired) electrons. The summed E-state index contributed by atoms with van der Waals surface area (Å²) >= 11 is 0. The number of ether oxygens (including phenoxy) is 1. The van der Waals surface area contributed by atoms with Gasteiger partial charge in [-0.25, -0.2) is 10.8 Å². The zero-order valence-electron chi connectivity index (χ0n) is 11.3. The largest absolute Gasteiger partial charge is 0.394 e. The fraction of sp³-hybridized carbons (Fsp3) is 0.538. The highest BCUT2D eigenvalue weighted by Crippen LogP contribution is 2.19. The van der Waals surface area contributed by atoms with Crippen LogP contribution in [0.2, 0.25) is 0 Å². The van der Waals surface area contributed by atoms with Gasteiger partial charge < -0.3 is 20.2 Å². The first-order valence-electron chi connectivity index (χ1n) is 6.69. The Morgan fingerprint density at radius 3 is 2.95 bits per heavy atom. The highest BCUT2D eigenvalue weighted by atomic mass is 16.5. The number of pyridine rings is 1. The summed E-state index contributed by atoms with van der Waals surface area (Å²) in [5, 5.41) is 8.73. The number of hydrogen-bond donors (Lipinski definition) is 3. The lowest BCUT2D eigenvalue weighted by molar-refractivity contribution is -0.00552. The van der Waals surface area contributed by atoms with Gasteiger partial charge in [0, 0.05) is 19.3 Å². The molecule has 0 aliphatic carbocycles. The Kier molecular flexibility index (Phi) is 5.28. The molecule has 20 heavy (non-hydrogen) atoms. The van der Waals surface area contributed by atoms with Gasteiger partial charge >= 0.3 is 0 Å². The number of rotatable bonds is 5. The summed E-state index contributed by atoms with van der Waals surface area (Å²) in [7, 11) is 0. The number of piperidine rings is 1. The summed E-state index contributed by atoms with van der Waals surface area (Å²) in [6, 6.07) is 3.42. The Balaban J connectivity index is 1.94. The molecular formula is C13H20N4O3. The van der Waals surface area contributed by atoms with E-state index in [0.717, 1.165) is 12.8 Å². The molecule has 1 amide bonds. The van der Waals surface area contributed by atoms with Crippen molar-refractivity contribution in [3.63, 3.8) is 0 Å². The highest BCUT2D eigenvalue weighted by Gasteiger charge is 2.25. The van der Waals surface area contributed by atoms with Crippen LogP contribution in [0, 0.1) is 0 Å². The number of aliphatic hydroxyl groups excluding tert-OH is 1. The number of hydrazine groups is 1. The number of nitrogens with zero attached hydrogens (tertiary/aromatic N) is 2. The van der Waals surface area contributed by atoms with Gasteiger partial charge in [0.15, 0.2) is 5.82 Å². The smallest absolute Gasteiger partial charge is 0.257 e. The molecule has 0 spiro atoms. The Morgan fingerprint density at radius 1 is 1.55 bits per heavy atom. The molecule has 1 fully saturated rings. The Morgan fingerprint density at radius 2 is 2.30 bits per heavy atom. The van der Waals surface area contributed by atoms with Crippen molar-refractivity contribution in [2.45, 2.75) is 18.9 Å². The van der Waals surface area contributed by atoms with Crippen LogP contribution in [0.25, 0.3) is 0 Å². The number of amides is 1. The second kappa shape index (κ2) is 7.18. The van der Waals surface area contributed by atoms with Crippen LogP contribution in [0.1, 0.15) is 23.2 Å². The van der Waals surface area contributed by atoms with Crippen molar-refractivity contribution >= 4 is 11.7 Å². The number of anilines is 1. The Labute approximate surface area is 117 Å². The minimum absolute atomic E-state index is 0.0281. The van der Waals surface area contributed by atoms with Gasteiger partial charge in [0.2, 0.25) is 0 Å². The predicted octanol–water partition coefficient (Wildman–Crippen LogP) is -0.0193. The van der Waals surface area contributed by atoms with E-state index in [-0.39, 0.29) is 18.6 Å². The summed E-state index contributed by atoms with van der Waals surface area (Å²) < 4.78 is 5.48. The fourth-order valence-electron chi connectivity index (χ4n) is 2.31. The van der Waals surface area contributed by atoms with Gasteiger partial charge in [-0.1, -0.05) is 0 Å². The number of nitrogen functional groups attached to an aromatic ring is 1. The van der Waals surface area contributed by atoms with Crippen molar-refractivity contribution in [2.24, 2.45) is 5.84 Å². The monoisotopic (exact) mass is 280 g/mol. The maximum atomic E-state index is 12.4. The molecule has 1 aromatic rings. The van der Waals surface area contributed by atoms with Crippen molar-refractivity contribution in [1.29, 1.82) is 0 Å². The van der Waals surface area contributed by atoms with Crippen LogP contribution in [-0.4, -0.2) is 53.3 Å². The van der Waals surface area contributed by atoms with Crippen LogP contribution in [0.4, 0.5) is 5.82 Å². The average Bonchev–Trinajstić information content (AvgIpc) is 2.52. The van der Waals surface area contributed by atoms with E-state index in [4.69, 9.17) is 15.7 Å². The predicted molar refractivity (Wildman–Crippen MR) is 74.0 cm³/mol. The van der Waals surface area contributed by atoms with Crippen molar-refractivity contribution < 1.29 is 14.6 Å². The van der Waals surface area contributed by atoms with Gasteiger partial charge in [-0.05, 0) is 25.0 Å². The van der Waals surface area contributed by atoms with Crippen molar-refractivity contribution in [1.82, 2.24) is 9.88 Å². The number of likely N-dealkylation sites (tertiary alicyclic amines) is 1. The van der Waals surface area contributed by atoms with Crippen LogP contribution in [0.3, 0.4) is 0 Å².